The molecule has 2 rings (SSSR count). The summed E-state index contributed by atoms with van der Waals surface area (Å²) >= 11 is 0. The van der Waals surface area contributed by atoms with E-state index in [1.807, 2.05) is 6.07 Å². The highest BCUT2D eigenvalue weighted by atomic mass is 16.5. The molecule has 134 valence electrons. The summed E-state index contributed by atoms with van der Waals surface area (Å²) in [7, 11) is 3.09. The summed E-state index contributed by atoms with van der Waals surface area (Å²) in [6, 6.07) is 15.3. The molecule has 0 aliphatic carbocycles. The summed E-state index contributed by atoms with van der Waals surface area (Å²) in [4.78, 5) is 25.4. The van der Waals surface area contributed by atoms with Gasteiger partial charge in [-0.15, -0.1) is 0 Å². The van der Waals surface area contributed by atoms with Crippen LogP contribution in [0.4, 0.5) is 5.69 Å². The maximum absolute atomic E-state index is 12.1. The number of methoxy groups -OCH3 is 1. The number of anilines is 1. The van der Waals surface area contributed by atoms with Crippen LogP contribution in [0.15, 0.2) is 48.5 Å². The second kappa shape index (κ2) is 9.08. The Balaban J connectivity index is 1.79. The molecule has 2 amide bonds. The quantitative estimate of drug-likeness (QED) is 0.822. The van der Waals surface area contributed by atoms with Gasteiger partial charge >= 0.3 is 0 Å². The Morgan fingerprint density at radius 2 is 1.69 bits per heavy atom. The summed E-state index contributed by atoms with van der Waals surface area (Å²) < 4.78 is 10.4. The van der Waals surface area contributed by atoms with Crippen molar-refractivity contribution in [1.29, 1.82) is 5.26 Å². The lowest BCUT2D eigenvalue weighted by Gasteiger charge is -2.17. The fourth-order valence-corrected chi connectivity index (χ4v) is 2.06. The van der Waals surface area contributed by atoms with Crippen LogP contribution in [0.25, 0.3) is 0 Å². The van der Waals surface area contributed by atoms with E-state index >= 15 is 0 Å². The van der Waals surface area contributed by atoms with E-state index in [9.17, 15) is 9.59 Å². The second-order valence-corrected chi connectivity index (χ2v) is 5.45. The average Bonchev–Trinajstić information content (AvgIpc) is 2.66. The van der Waals surface area contributed by atoms with Crippen LogP contribution in [0.1, 0.15) is 5.56 Å². The molecule has 0 aliphatic heterocycles. The fraction of sp³-hybridized carbons (Fsp3) is 0.211. The molecular weight excluding hydrogens is 334 g/mol. The van der Waals surface area contributed by atoms with Crippen molar-refractivity contribution in [2.24, 2.45) is 0 Å². The number of nitriles is 1. The molecule has 0 saturated heterocycles. The second-order valence-electron chi connectivity index (χ2n) is 5.45. The highest BCUT2D eigenvalue weighted by molar-refractivity contribution is 5.94. The van der Waals surface area contributed by atoms with Crippen molar-refractivity contribution in [2.45, 2.75) is 0 Å². The van der Waals surface area contributed by atoms with Gasteiger partial charge < -0.3 is 19.7 Å². The van der Waals surface area contributed by atoms with Crippen LogP contribution in [-0.2, 0) is 9.59 Å². The summed E-state index contributed by atoms with van der Waals surface area (Å²) in [5.74, 6) is 0.521. The Morgan fingerprint density at radius 3 is 2.27 bits per heavy atom. The van der Waals surface area contributed by atoms with Crippen molar-refractivity contribution in [1.82, 2.24) is 4.90 Å². The number of benzene rings is 2. The van der Waals surface area contributed by atoms with Gasteiger partial charge in [0.25, 0.3) is 5.91 Å². The third-order valence-electron chi connectivity index (χ3n) is 3.53. The van der Waals surface area contributed by atoms with Gasteiger partial charge in [0.05, 0.1) is 25.3 Å². The number of hydrogen-bond acceptors (Lipinski definition) is 5. The summed E-state index contributed by atoms with van der Waals surface area (Å²) in [5.41, 5.74) is 1.13. The Bertz CT molecular complexity index is 795. The van der Waals surface area contributed by atoms with Crippen LogP contribution in [-0.4, -0.2) is 44.0 Å². The molecule has 2 aromatic rings. The van der Waals surface area contributed by atoms with Crippen LogP contribution in [0, 0.1) is 11.3 Å². The van der Waals surface area contributed by atoms with Gasteiger partial charge in [-0.3, -0.25) is 9.59 Å². The van der Waals surface area contributed by atoms with Crippen molar-refractivity contribution >= 4 is 17.5 Å². The molecule has 0 aliphatic rings. The van der Waals surface area contributed by atoms with Crippen LogP contribution < -0.4 is 14.8 Å². The van der Waals surface area contributed by atoms with Gasteiger partial charge in [-0.25, -0.2) is 0 Å². The van der Waals surface area contributed by atoms with Gasteiger partial charge in [-0.1, -0.05) is 0 Å². The molecule has 0 atom stereocenters. The van der Waals surface area contributed by atoms with Crippen LogP contribution in [0.3, 0.4) is 0 Å². The zero-order valence-corrected chi connectivity index (χ0v) is 14.6. The first-order valence-corrected chi connectivity index (χ1v) is 7.82. The number of hydrogen-bond donors (Lipinski definition) is 1. The minimum atomic E-state index is -0.334. The largest absolute Gasteiger partial charge is 0.497 e. The van der Waals surface area contributed by atoms with Crippen molar-refractivity contribution in [3.05, 3.63) is 54.1 Å². The monoisotopic (exact) mass is 353 g/mol. The number of ether oxygens (including phenoxy) is 2. The van der Waals surface area contributed by atoms with E-state index in [0.29, 0.717) is 22.7 Å². The number of likely N-dealkylation sites (N-methyl/N-ethyl adjacent to an activating group) is 1. The highest BCUT2D eigenvalue weighted by Gasteiger charge is 2.14. The van der Waals surface area contributed by atoms with Gasteiger partial charge in [0.1, 0.15) is 11.5 Å². The number of amides is 2. The maximum Gasteiger partial charge on any atom is 0.260 e. The molecule has 0 aromatic heterocycles. The first-order chi connectivity index (χ1) is 12.5. The number of nitrogens with one attached hydrogen (secondary N) is 1. The molecule has 0 heterocycles. The van der Waals surface area contributed by atoms with Crippen molar-refractivity contribution in [3.8, 4) is 17.6 Å². The lowest BCUT2D eigenvalue weighted by molar-refractivity contribution is -0.135. The Hall–Kier alpha value is -3.53. The number of carbonyl (C=O) groups excluding carboxylic acids is 2. The predicted octanol–water partition coefficient (Wildman–Crippen LogP) is 2.04. The first-order valence-electron chi connectivity index (χ1n) is 7.82. The molecule has 0 spiro atoms. The lowest BCUT2D eigenvalue weighted by Crippen LogP contribution is -2.37. The van der Waals surface area contributed by atoms with Gasteiger partial charge in [0, 0.05) is 12.7 Å². The zero-order valence-electron chi connectivity index (χ0n) is 14.6. The minimum absolute atomic E-state index is 0.0956. The van der Waals surface area contributed by atoms with Crippen LogP contribution in [0.5, 0.6) is 11.5 Å². The van der Waals surface area contributed by atoms with Gasteiger partial charge in [-0.2, -0.15) is 5.26 Å². The minimum Gasteiger partial charge on any atom is -0.497 e. The van der Waals surface area contributed by atoms with E-state index in [1.165, 1.54) is 11.9 Å². The number of nitrogens with zero attached hydrogens (tertiary/aromatic N) is 2. The summed E-state index contributed by atoms with van der Waals surface area (Å²) in [6.45, 7) is -0.292. The van der Waals surface area contributed by atoms with Crippen molar-refractivity contribution in [2.75, 3.05) is 32.6 Å². The normalized spacial score (nSPS) is 9.73. The molecule has 26 heavy (non-hydrogen) atoms. The third kappa shape index (κ3) is 5.53. The van der Waals surface area contributed by atoms with Gasteiger partial charge in [-0.05, 0) is 48.5 Å². The molecule has 0 unspecified atom stereocenters. The van der Waals surface area contributed by atoms with E-state index in [2.05, 4.69) is 5.32 Å². The van der Waals surface area contributed by atoms with Crippen LogP contribution in [0.2, 0.25) is 0 Å². The molecule has 7 heteroatoms. The number of carbonyl (C=O) groups is 2. The fourth-order valence-electron chi connectivity index (χ4n) is 2.06. The van der Waals surface area contributed by atoms with Crippen molar-refractivity contribution in [3.63, 3.8) is 0 Å². The zero-order chi connectivity index (χ0) is 18.9. The molecule has 0 fully saturated rings. The van der Waals surface area contributed by atoms with E-state index in [-0.39, 0.29) is 25.0 Å². The SMILES string of the molecule is COc1ccc(NC(=O)CN(C)C(=O)COc2ccc(C#N)cc2)cc1. The standard InChI is InChI=1S/C19H19N3O4/c1-22(12-18(23)21-15-5-9-16(25-2)10-6-15)19(24)13-26-17-7-3-14(11-20)4-8-17/h3-10H,12-13H2,1-2H3,(H,21,23). The van der Waals surface area contributed by atoms with Gasteiger partial charge in [0.2, 0.25) is 5.91 Å². The molecule has 7 nitrogen and oxygen atoms in total. The summed E-state index contributed by atoms with van der Waals surface area (Å²) in [6.07, 6.45) is 0. The molecule has 1 N–H and O–H groups in total. The average molecular weight is 353 g/mol. The smallest absolute Gasteiger partial charge is 0.260 e. The van der Waals surface area contributed by atoms with E-state index in [0.717, 1.165) is 0 Å². The molecule has 2 aromatic carbocycles. The predicted molar refractivity (Wildman–Crippen MR) is 95.9 cm³/mol. The van der Waals surface area contributed by atoms with E-state index in [4.69, 9.17) is 14.7 Å². The van der Waals surface area contributed by atoms with Crippen LogP contribution >= 0.6 is 0 Å². The summed E-state index contributed by atoms with van der Waals surface area (Å²) in [5, 5.41) is 11.4. The molecule has 0 bridgehead atoms. The highest BCUT2D eigenvalue weighted by Crippen LogP contribution is 2.15. The van der Waals surface area contributed by atoms with Gasteiger partial charge in [0.15, 0.2) is 6.61 Å². The topological polar surface area (TPSA) is 91.7 Å². The molecule has 0 radical (unpaired) electrons. The maximum atomic E-state index is 12.1. The molecular formula is C19H19N3O4. The number of rotatable bonds is 7. The lowest BCUT2D eigenvalue weighted by atomic mass is 10.2. The third-order valence-corrected chi connectivity index (χ3v) is 3.53. The first kappa shape index (κ1) is 18.8. The Morgan fingerprint density at radius 1 is 1.08 bits per heavy atom. The Kier molecular flexibility index (Phi) is 6.57. The van der Waals surface area contributed by atoms with E-state index < -0.39 is 0 Å². The van der Waals surface area contributed by atoms with E-state index in [1.54, 1.807) is 55.6 Å². The Labute approximate surface area is 151 Å². The van der Waals surface area contributed by atoms with Crippen molar-refractivity contribution < 1.29 is 19.1 Å². The molecule has 0 saturated carbocycles.